The summed E-state index contributed by atoms with van der Waals surface area (Å²) in [7, 11) is 1.43. The molecule has 2 rings (SSSR count). The van der Waals surface area contributed by atoms with Crippen LogP contribution < -0.4 is 9.47 Å². The van der Waals surface area contributed by atoms with Crippen LogP contribution in [-0.2, 0) is 9.53 Å². The van der Waals surface area contributed by atoms with Gasteiger partial charge in [0.2, 0.25) is 0 Å². The lowest BCUT2D eigenvalue weighted by atomic mass is 10.2. The number of rotatable bonds is 7. The lowest BCUT2D eigenvalue weighted by molar-refractivity contribution is -0.138. The molecule has 0 radical (unpaired) electrons. The Morgan fingerprint density at radius 3 is 2.64 bits per heavy atom. The molecule has 0 atom stereocenters. The smallest absolute Gasteiger partial charge is 0.330 e. The largest absolute Gasteiger partial charge is 0.503 e. The summed E-state index contributed by atoms with van der Waals surface area (Å²) >= 11 is 3.20. The number of ether oxygens (including phenoxy) is 3. The quantitative estimate of drug-likeness (QED) is 0.425. The zero-order valence-corrected chi connectivity index (χ0v) is 15.0. The van der Waals surface area contributed by atoms with Gasteiger partial charge in [-0.3, -0.25) is 0 Å². The van der Waals surface area contributed by atoms with Crippen molar-refractivity contribution < 1.29 is 28.5 Å². The van der Waals surface area contributed by atoms with E-state index in [1.54, 1.807) is 12.1 Å². The summed E-state index contributed by atoms with van der Waals surface area (Å²) in [6.45, 7) is 0.215. The highest BCUT2D eigenvalue weighted by Gasteiger charge is 2.07. The van der Waals surface area contributed by atoms with Gasteiger partial charge in [0.25, 0.3) is 0 Å². The van der Waals surface area contributed by atoms with E-state index in [0.717, 1.165) is 0 Å². The maximum atomic E-state index is 12.7. The van der Waals surface area contributed by atoms with Gasteiger partial charge in [-0.1, -0.05) is 0 Å². The van der Waals surface area contributed by atoms with Crippen molar-refractivity contribution in [3.8, 4) is 17.2 Å². The molecule has 2 aromatic rings. The van der Waals surface area contributed by atoms with Crippen molar-refractivity contribution in [3.05, 3.63) is 58.3 Å². The summed E-state index contributed by atoms with van der Waals surface area (Å²) < 4.78 is 28.5. The molecule has 25 heavy (non-hydrogen) atoms. The number of halogens is 2. The molecule has 0 aromatic heterocycles. The van der Waals surface area contributed by atoms with Gasteiger partial charge in [0.15, 0.2) is 11.5 Å². The van der Waals surface area contributed by atoms with E-state index < -0.39 is 5.97 Å². The Morgan fingerprint density at radius 1 is 1.24 bits per heavy atom. The third kappa shape index (κ3) is 5.79. The van der Waals surface area contributed by atoms with E-state index in [0.29, 0.717) is 15.8 Å². The second kappa shape index (κ2) is 9.08. The third-order valence-corrected chi connectivity index (χ3v) is 3.70. The van der Waals surface area contributed by atoms with Crippen molar-refractivity contribution in [2.45, 2.75) is 0 Å². The molecule has 0 bridgehead atoms. The second-order valence-corrected chi connectivity index (χ2v) is 5.71. The molecule has 0 aliphatic carbocycles. The SMILES string of the molecule is COc1cc(/C=C/C(=O)OCCOc2ccc(F)cc2)cc(Br)c1O. The Hall–Kier alpha value is -2.54. The third-order valence-electron chi connectivity index (χ3n) is 3.09. The minimum atomic E-state index is -0.536. The molecular weight excluding hydrogens is 395 g/mol. The van der Waals surface area contributed by atoms with Crippen molar-refractivity contribution >= 4 is 28.0 Å². The minimum absolute atomic E-state index is 0.0137. The second-order valence-electron chi connectivity index (χ2n) is 4.86. The van der Waals surface area contributed by atoms with Gasteiger partial charge in [-0.15, -0.1) is 0 Å². The molecule has 2 aromatic carbocycles. The van der Waals surface area contributed by atoms with Crippen molar-refractivity contribution in [2.75, 3.05) is 20.3 Å². The van der Waals surface area contributed by atoms with E-state index in [9.17, 15) is 14.3 Å². The van der Waals surface area contributed by atoms with Crippen molar-refractivity contribution in [1.82, 2.24) is 0 Å². The zero-order valence-electron chi connectivity index (χ0n) is 13.4. The van der Waals surface area contributed by atoms with Crippen LogP contribution in [0.25, 0.3) is 6.08 Å². The van der Waals surface area contributed by atoms with E-state index in [4.69, 9.17) is 14.2 Å². The highest BCUT2D eigenvalue weighted by Crippen LogP contribution is 2.35. The number of phenols is 1. The first-order valence-electron chi connectivity index (χ1n) is 7.29. The Labute approximate surface area is 152 Å². The lowest BCUT2D eigenvalue weighted by Gasteiger charge is -2.07. The number of carbonyl (C=O) groups is 1. The number of carbonyl (C=O) groups excluding carboxylic acids is 1. The Morgan fingerprint density at radius 2 is 1.96 bits per heavy atom. The van der Waals surface area contributed by atoms with Crippen LogP contribution in [0, 0.1) is 5.82 Å². The Bertz CT molecular complexity index is 759. The highest BCUT2D eigenvalue weighted by atomic mass is 79.9. The predicted molar refractivity (Wildman–Crippen MR) is 94.2 cm³/mol. The van der Waals surface area contributed by atoms with Crippen molar-refractivity contribution in [3.63, 3.8) is 0 Å². The molecule has 1 N–H and O–H groups in total. The highest BCUT2D eigenvalue weighted by molar-refractivity contribution is 9.10. The first-order valence-corrected chi connectivity index (χ1v) is 8.08. The summed E-state index contributed by atoms with van der Waals surface area (Å²) in [5.74, 6) is -0.114. The van der Waals surface area contributed by atoms with Crippen LogP contribution in [0.5, 0.6) is 17.2 Å². The monoisotopic (exact) mass is 410 g/mol. The summed E-state index contributed by atoms with van der Waals surface area (Å²) in [4.78, 5) is 11.7. The molecule has 0 saturated heterocycles. The number of hydrogen-bond donors (Lipinski definition) is 1. The van der Waals surface area contributed by atoms with E-state index in [1.165, 1.54) is 43.5 Å². The van der Waals surface area contributed by atoms with Crippen LogP contribution in [0.1, 0.15) is 5.56 Å². The number of methoxy groups -OCH3 is 1. The fourth-order valence-electron chi connectivity index (χ4n) is 1.89. The molecule has 132 valence electrons. The average Bonchev–Trinajstić information content (AvgIpc) is 2.61. The van der Waals surface area contributed by atoms with Gasteiger partial charge in [0.1, 0.15) is 24.8 Å². The number of benzene rings is 2. The molecular formula is C18H16BrFO5. The number of hydrogen-bond acceptors (Lipinski definition) is 5. The van der Waals surface area contributed by atoms with Gasteiger partial charge in [0, 0.05) is 6.08 Å². The number of esters is 1. The molecule has 0 saturated carbocycles. The first-order chi connectivity index (χ1) is 12.0. The average molecular weight is 411 g/mol. The molecule has 0 aliphatic rings. The van der Waals surface area contributed by atoms with E-state index in [2.05, 4.69) is 15.9 Å². The van der Waals surface area contributed by atoms with Crippen LogP contribution in [0.15, 0.2) is 46.9 Å². The molecule has 7 heteroatoms. The summed E-state index contributed by atoms with van der Waals surface area (Å²) in [5, 5.41) is 9.73. The summed E-state index contributed by atoms with van der Waals surface area (Å²) in [6, 6.07) is 8.78. The van der Waals surface area contributed by atoms with E-state index in [1.807, 2.05) is 0 Å². The fraction of sp³-hybridized carbons (Fsp3) is 0.167. The standard InChI is InChI=1S/C18H16BrFO5/c1-23-16-11-12(10-15(19)18(16)22)2-7-17(21)25-9-8-24-14-5-3-13(20)4-6-14/h2-7,10-11,22H,8-9H2,1H3/b7-2+. The molecule has 0 spiro atoms. The van der Waals surface area contributed by atoms with Crippen LogP contribution in [0.3, 0.4) is 0 Å². The van der Waals surface area contributed by atoms with E-state index in [-0.39, 0.29) is 30.5 Å². The van der Waals surface area contributed by atoms with E-state index >= 15 is 0 Å². The van der Waals surface area contributed by atoms with Gasteiger partial charge >= 0.3 is 5.97 Å². The van der Waals surface area contributed by atoms with Crippen LogP contribution in [0.2, 0.25) is 0 Å². The Kier molecular flexibility index (Phi) is 6.82. The molecule has 0 aliphatic heterocycles. The molecule has 5 nitrogen and oxygen atoms in total. The maximum Gasteiger partial charge on any atom is 0.330 e. The molecule has 0 unspecified atom stereocenters. The van der Waals surface area contributed by atoms with Gasteiger partial charge in [-0.25, -0.2) is 9.18 Å². The van der Waals surface area contributed by atoms with Crippen molar-refractivity contribution in [2.24, 2.45) is 0 Å². The fourth-order valence-corrected chi connectivity index (χ4v) is 2.35. The van der Waals surface area contributed by atoms with Crippen molar-refractivity contribution in [1.29, 1.82) is 0 Å². The van der Waals surface area contributed by atoms with Gasteiger partial charge in [-0.2, -0.15) is 0 Å². The van der Waals surface area contributed by atoms with Gasteiger partial charge in [0.05, 0.1) is 11.6 Å². The Balaban J connectivity index is 1.80. The first kappa shape index (κ1) is 18.8. The topological polar surface area (TPSA) is 65.0 Å². The summed E-state index contributed by atoms with van der Waals surface area (Å²) in [6.07, 6.45) is 2.80. The molecule has 0 heterocycles. The molecule has 0 fully saturated rings. The normalized spacial score (nSPS) is 10.7. The number of aromatic hydroxyl groups is 1. The van der Waals surface area contributed by atoms with Gasteiger partial charge in [-0.05, 0) is 64.0 Å². The predicted octanol–water partition coefficient (Wildman–Crippen LogP) is 3.94. The van der Waals surface area contributed by atoms with Crippen LogP contribution >= 0.6 is 15.9 Å². The summed E-state index contributed by atoms with van der Waals surface area (Å²) in [5.41, 5.74) is 0.654. The lowest BCUT2D eigenvalue weighted by Crippen LogP contribution is -2.10. The minimum Gasteiger partial charge on any atom is -0.503 e. The zero-order chi connectivity index (χ0) is 18.2. The maximum absolute atomic E-state index is 12.7. The van der Waals surface area contributed by atoms with Crippen LogP contribution in [0.4, 0.5) is 4.39 Å². The molecule has 0 amide bonds. The van der Waals surface area contributed by atoms with Crippen LogP contribution in [-0.4, -0.2) is 31.4 Å². The number of phenolic OH excluding ortho intramolecular Hbond substituents is 1. The van der Waals surface area contributed by atoms with Gasteiger partial charge < -0.3 is 19.3 Å².